The maximum absolute atomic E-state index is 10.6. The molecule has 1 aromatic rings. The Morgan fingerprint density at radius 2 is 2.21 bits per heavy atom. The Labute approximate surface area is 80.6 Å². The molecule has 14 heavy (non-hydrogen) atoms. The van der Waals surface area contributed by atoms with E-state index in [0.29, 0.717) is 5.82 Å². The van der Waals surface area contributed by atoms with Crippen LogP contribution >= 0.6 is 0 Å². The molecule has 7 nitrogen and oxygen atoms in total. The lowest BCUT2D eigenvalue weighted by molar-refractivity contribution is -0.118. The average Bonchev–Trinajstić information content (AvgIpc) is 2.50. The van der Waals surface area contributed by atoms with Crippen LogP contribution in [0.1, 0.15) is 37.1 Å². The van der Waals surface area contributed by atoms with Gasteiger partial charge in [-0.25, -0.2) is 0 Å². The molecule has 0 unspecified atom stereocenters. The third kappa shape index (κ3) is 2.51. The molecule has 7 heteroatoms. The molecule has 2 atom stereocenters. The molecule has 0 saturated carbocycles. The Kier molecular flexibility index (Phi) is 3.15. The van der Waals surface area contributed by atoms with E-state index in [1.54, 1.807) is 6.92 Å². The van der Waals surface area contributed by atoms with Gasteiger partial charge in [-0.2, -0.15) is 4.98 Å². The minimum absolute atomic E-state index is 0.0272. The van der Waals surface area contributed by atoms with E-state index in [4.69, 9.17) is 21.7 Å². The number of aromatic nitrogens is 2. The molecule has 0 radical (unpaired) electrons. The van der Waals surface area contributed by atoms with Crippen molar-refractivity contribution in [3.63, 3.8) is 0 Å². The molecule has 1 aromatic heterocycles. The molecule has 6 N–H and O–H groups in total. The van der Waals surface area contributed by atoms with Gasteiger partial charge in [-0.1, -0.05) is 5.16 Å². The molecule has 0 saturated heterocycles. The van der Waals surface area contributed by atoms with E-state index in [0.717, 1.165) is 0 Å². The number of carbonyl (C=O) groups is 1. The molecule has 1 heterocycles. The van der Waals surface area contributed by atoms with Gasteiger partial charge < -0.3 is 21.7 Å². The summed E-state index contributed by atoms with van der Waals surface area (Å²) in [6.07, 6.45) is -0.0272. The van der Waals surface area contributed by atoms with E-state index in [1.807, 2.05) is 0 Å². The summed E-state index contributed by atoms with van der Waals surface area (Å²) in [5, 5.41) is 3.60. The fourth-order valence-electron chi connectivity index (χ4n) is 0.887. The van der Waals surface area contributed by atoms with Crippen molar-refractivity contribution in [1.82, 2.24) is 10.1 Å². The number of hydrogen-bond acceptors (Lipinski definition) is 6. The van der Waals surface area contributed by atoms with Gasteiger partial charge in [-0.15, -0.1) is 0 Å². The van der Waals surface area contributed by atoms with Crippen molar-refractivity contribution in [3.8, 4) is 0 Å². The van der Waals surface area contributed by atoms with Crippen molar-refractivity contribution in [2.75, 3.05) is 0 Å². The van der Waals surface area contributed by atoms with Crippen molar-refractivity contribution in [1.29, 1.82) is 0 Å². The highest BCUT2D eigenvalue weighted by atomic mass is 16.5. The molecule has 0 aromatic carbocycles. The number of hydrogen-bond donors (Lipinski definition) is 3. The predicted molar refractivity (Wildman–Crippen MR) is 47.6 cm³/mol. The van der Waals surface area contributed by atoms with Crippen LogP contribution in [0.15, 0.2) is 4.52 Å². The Morgan fingerprint density at radius 3 is 2.64 bits per heavy atom. The quantitative estimate of drug-likeness (QED) is 0.567. The molecule has 0 aliphatic rings. The molecule has 0 aliphatic carbocycles. The second-order valence-corrected chi connectivity index (χ2v) is 3.06. The number of nitrogens with two attached hydrogens (primary N) is 3. The van der Waals surface area contributed by atoms with Gasteiger partial charge in [-0.3, -0.25) is 4.79 Å². The molecule has 0 bridgehead atoms. The van der Waals surface area contributed by atoms with Gasteiger partial charge in [0.05, 0.1) is 18.5 Å². The fraction of sp³-hybridized carbons (Fsp3) is 0.571. The van der Waals surface area contributed by atoms with Crippen LogP contribution in [-0.2, 0) is 4.79 Å². The van der Waals surface area contributed by atoms with Gasteiger partial charge in [-0.05, 0) is 6.92 Å². The summed E-state index contributed by atoms with van der Waals surface area (Å²) >= 11 is 0. The first-order valence-electron chi connectivity index (χ1n) is 4.13. The highest BCUT2D eigenvalue weighted by Gasteiger charge is 2.17. The van der Waals surface area contributed by atoms with Crippen LogP contribution in [0.5, 0.6) is 0 Å². The van der Waals surface area contributed by atoms with E-state index < -0.39 is 11.9 Å². The lowest BCUT2D eigenvalue weighted by atomic mass is 10.2. The topological polar surface area (TPSA) is 134 Å². The first kappa shape index (κ1) is 10.6. The van der Waals surface area contributed by atoms with Gasteiger partial charge in [0, 0.05) is 0 Å². The van der Waals surface area contributed by atoms with E-state index in [2.05, 4.69) is 10.1 Å². The Balaban J connectivity index is 2.71. The van der Waals surface area contributed by atoms with Gasteiger partial charge in [0.15, 0.2) is 5.82 Å². The van der Waals surface area contributed by atoms with Crippen LogP contribution in [0.3, 0.4) is 0 Å². The Morgan fingerprint density at radius 1 is 1.57 bits per heavy atom. The Hall–Kier alpha value is -1.47. The van der Waals surface area contributed by atoms with E-state index in [9.17, 15) is 4.79 Å². The van der Waals surface area contributed by atoms with Crippen molar-refractivity contribution < 1.29 is 9.32 Å². The molecule has 1 amide bonds. The maximum Gasteiger partial charge on any atom is 0.244 e. The molecule has 0 spiro atoms. The molecular weight excluding hydrogens is 186 g/mol. The van der Waals surface area contributed by atoms with Crippen LogP contribution < -0.4 is 17.2 Å². The summed E-state index contributed by atoms with van der Waals surface area (Å²) in [6.45, 7) is 1.72. The zero-order valence-electron chi connectivity index (χ0n) is 7.80. The summed E-state index contributed by atoms with van der Waals surface area (Å²) in [6, 6.07) is -0.985. The fourth-order valence-corrected chi connectivity index (χ4v) is 0.887. The number of primary amides is 1. The van der Waals surface area contributed by atoms with Crippen molar-refractivity contribution in [2.45, 2.75) is 25.4 Å². The molecule has 0 aliphatic heterocycles. The van der Waals surface area contributed by atoms with Gasteiger partial charge in [0.25, 0.3) is 0 Å². The summed E-state index contributed by atoms with van der Waals surface area (Å²) in [4.78, 5) is 14.5. The van der Waals surface area contributed by atoms with E-state index in [-0.39, 0.29) is 18.4 Å². The smallest absolute Gasteiger partial charge is 0.244 e. The number of amides is 1. The average molecular weight is 199 g/mol. The minimum Gasteiger partial charge on any atom is -0.370 e. The van der Waals surface area contributed by atoms with Crippen LogP contribution in [0.2, 0.25) is 0 Å². The van der Waals surface area contributed by atoms with Crippen LogP contribution in [0, 0.1) is 0 Å². The van der Waals surface area contributed by atoms with Crippen LogP contribution in [-0.4, -0.2) is 16.0 Å². The largest absolute Gasteiger partial charge is 0.370 e. The van der Waals surface area contributed by atoms with Crippen molar-refractivity contribution >= 4 is 5.91 Å². The second kappa shape index (κ2) is 4.16. The number of rotatable bonds is 4. The zero-order chi connectivity index (χ0) is 10.7. The van der Waals surface area contributed by atoms with Crippen LogP contribution in [0.4, 0.5) is 0 Å². The second-order valence-electron chi connectivity index (χ2n) is 3.06. The summed E-state index contributed by atoms with van der Waals surface area (Å²) in [7, 11) is 0. The van der Waals surface area contributed by atoms with Gasteiger partial charge >= 0.3 is 0 Å². The first-order valence-corrected chi connectivity index (χ1v) is 4.13. The van der Waals surface area contributed by atoms with Crippen molar-refractivity contribution in [3.05, 3.63) is 11.7 Å². The molecule has 78 valence electrons. The zero-order valence-corrected chi connectivity index (χ0v) is 7.80. The predicted octanol–water partition coefficient (Wildman–Crippen LogP) is -1.04. The SMILES string of the molecule is C[C@@H](N)c1noc([C@H](N)CC(N)=O)n1. The molecule has 1 rings (SSSR count). The number of carbonyl (C=O) groups excluding carboxylic acids is 1. The number of nitrogens with zero attached hydrogens (tertiary/aromatic N) is 2. The lowest BCUT2D eigenvalue weighted by Gasteiger charge is -2.01. The summed E-state index contributed by atoms with van der Waals surface area (Å²) in [5.74, 6) is 0.0223. The standard InChI is InChI=1S/C7H13N5O2/c1-3(8)6-11-7(14-12-6)4(9)2-5(10)13/h3-4H,2,8-9H2,1H3,(H2,10,13)/t3-,4-/m1/s1. The lowest BCUT2D eigenvalue weighted by Crippen LogP contribution is -2.21. The minimum atomic E-state index is -0.660. The van der Waals surface area contributed by atoms with Gasteiger partial charge in [0.2, 0.25) is 11.8 Å². The highest BCUT2D eigenvalue weighted by molar-refractivity contribution is 5.74. The summed E-state index contributed by atoms with van der Waals surface area (Å²) in [5.41, 5.74) is 16.0. The van der Waals surface area contributed by atoms with Crippen LogP contribution in [0.25, 0.3) is 0 Å². The third-order valence-electron chi connectivity index (χ3n) is 1.60. The third-order valence-corrected chi connectivity index (χ3v) is 1.60. The maximum atomic E-state index is 10.6. The normalized spacial score (nSPS) is 15.1. The molecule has 0 fully saturated rings. The molecular formula is C7H13N5O2. The van der Waals surface area contributed by atoms with Gasteiger partial charge in [0.1, 0.15) is 0 Å². The van der Waals surface area contributed by atoms with E-state index >= 15 is 0 Å². The highest BCUT2D eigenvalue weighted by Crippen LogP contribution is 2.13. The Bertz CT molecular complexity index is 322. The van der Waals surface area contributed by atoms with Crippen molar-refractivity contribution in [2.24, 2.45) is 17.2 Å². The first-order chi connectivity index (χ1) is 6.50. The summed E-state index contributed by atoms with van der Waals surface area (Å²) < 4.78 is 4.81. The van der Waals surface area contributed by atoms with E-state index in [1.165, 1.54) is 0 Å². The monoisotopic (exact) mass is 199 g/mol.